The molecule has 0 aromatic heterocycles. The molecule has 0 aliphatic carbocycles. The van der Waals surface area contributed by atoms with Gasteiger partial charge in [0.1, 0.15) is 0 Å². The van der Waals surface area contributed by atoms with Gasteiger partial charge in [-0.1, -0.05) is 0 Å². The van der Waals surface area contributed by atoms with Crippen molar-refractivity contribution in [2.75, 3.05) is 0 Å². The number of hydrogen-bond acceptors (Lipinski definition) is 1. The Kier molecular flexibility index (Phi) is 5.79. The Morgan fingerprint density at radius 1 is 1.50 bits per heavy atom. The van der Waals surface area contributed by atoms with E-state index in [0.717, 1.165) is 0 Å². The molecule has 0 aliphatic rings. The molecule has 36 valence electrons. The van der Waals surface area contributed by atoms with E-state index >= 15 is 0 Å². The van der Waals surface area contributed by atoms with Crippen molar-refractivity contribution in [3.63, 3.8) is 0 Å². The van der Waals surface area contributed by atoms with E-state index in [1.165, 1.54) is 0 Å². The topological polar surface area (TPSA) is 57.5 Å². The minimum atomic E-state index is -5.14. The molecule has 0 unspecified atom stereocenters. The SMILES string of the molecule is O=P(O)(O)F.[CaH2]. The van der Waals surface area contributed by atoms with Gasteiger partial charge in [0.25, 0.3) is 0 Å². The first-order valence-electron chi connectivity index (χ1n) is 0.752. The normalized spacial score (nSPS) is 9.83. The minimum absolute atomic E-state index is 0. The monoisotopic (exact) mass is 142 g/mol. The van der Waals surface area contributed by atoms with Gasteiger partial charge in [0.2, 0.25) is 0 Å². The molecule has 0 fully saturated rings. The molecule has 6 heteroatoms. The van der Waals surface area contributed by atoms with Crippen molar-refractivity contribution in [1.29, 1.82) is 0 Å². The summed E-state index contributed by atoms with van der Waals surface area (Å²) in [6.45, 7) is 0. The van der Waals surface area contributed by atoms with Crippen LogP contribution in [0.1, 0.15) is 0 Å². The second-order valence-corrected chi connectivity index (χ2v) is 1.42. The van der Waals surface area contributed by atoms with Gasteiger partial charge in [0.05, 0.1) is 0 Å². The molecule has 0 spiro atoms. The zero-order valence-electron chi connectivity index (χ0n) is 2.13. The predicted molar refractivity (Wildman–Crippen MR) is 21.7 cm³/mol. The number of rotatable bonds is 0. The van der Waals surface area contributed by atoms with Gasteiger partial charge in [0.15, 0.2) is 0 Å². The summed E-state index contributed by atoms with van der Waals surface area (Å²) in [5.41, 5.74) is 0. The third kappa shape index (κ3) is 56.0. The molecule has 0 radical (unpaired) electrons. The average Bonchev–Trinajstić information content (AvgIpc) is 0.722. The Hall–Kier alpha value is 1.34. The van der Waals surface area contributed by atoms with Crippen molar-refractivity contribution in [3.05, 3.63) is 0 Å². The molecule has 0 saturated carbocycles. The molecule has 0 heterocycles. The van der Waals surface area contributed by atoms with Crippen LogP contribution in [0.2, 0.25) is 0 Å². The first kappa shape index (κ1) is 10.3. The van der Waals surface area contributed by atoms with Gasteiger partial charge in [-0.3, -0.25) is 9.79 Å². The van der Waals surface area contributed by atoms with Gasteiger partial charge < -0.3 is 0 Å². The fraction of sp³-hybridized carbons (Fsp3) is 0. The fourth-order valence-corrected chi connectivity index (χ4v) is 0. The van der Waals surface area contributed by atoms with Gasteiger partial charge in [-0.2, -0.15) is 0 Å². The standard InChI is InChI=1S/Ca.FH2O3P.2H/c;1-5(2,3)4;;/h;(H2,2,3,4);;. The maximum absolute atomic E-state index is 10.4. The van der Waals surface area contributed by atoms with E-state index in [1.807, 2.05) is 0 Å². The van der Waals surface area contributed by atoms with Crippen LogP contribution in [-0.4, -0.2) is 47.5 Å². The van der Waals surface area contributed by atoms with E-state index in [4.69, 9.17) is 14.4 Å². The Morgan fingerprint density at radius 2 is 1.50 bits per heavy atom. The molecule has 0 aromatic rings. The van der Waals surface area contributed by atoms with E-state index in [2.05, 4.69) is 0 Å². The van der Waals surface area contributed by atoms with E-state index in [9.17, 15) is 4.20 Å². The maximum atomic E-state index is 10.4. The van der Waals surface area contributed by atoms with Gasteiger partial charge >= 0.3 is 45.6 Å². The zero-order chi connectivity index (χ0) is 4.50. The summed E-state index contributed by atoms with van der Waals surface area (Å²) in [5.74, 6) is 0. The van der Waals surface area contributed by atoms with Crippen LogP contribution in [0, 0.1) is 0 Å². The first-order chi connectivity index (χ1) is 2.00. The van der Waals surface area contributed by atoms with E-state index in [1.54, 1.807) is 0 Å². The molecule has 3 nitrogen and oxygen atoms in total. The van der Waals surface area contributed by atoms with Crippen LogP contribution in [0.5, 0.6) is 0 Å². The molecular formula is H4CaFO3P. The molecule has 6 heavy (non-hydrogen) atoms. The third-order valence-electron chi connectivity index (χ3n) is 0. The van der Waals surface area contributed by atoms with Crippen molar-refractivity contribution < 1.29 is 18.5 Å². The summed E-state index contributed by atoms with van der Waals surface area (Å²) >= 11 is 0. The second kappa shape index (κ2) is 3.36. The molecule has 2 N–H and O–H groups in total. The number of hydrogen-bond donors (Lipinski definition) is 2. The van der Waals surface area contributed by atoms with Crippen molar-refractivity contribution in [1.82, 2.24) is 0 Å². The summed E-state index contributed by atoms with van der Waals surface area (Å²) in [4.78, 5) is 13.9. The van der Waals surface area contributed by atoms with Crippen LogP contribution in [0.3, 0.4) is 0 Å². The molecule has 0 bridgehead atoms. The Bertz CT molecular complexity index is 56.9. The molecule has 0 saturated heterocycles. The summed E-state index contributed by atoms with van der Waals surface area (Å²) in [6.07, 6.45) is 0. The van der Waals surface area contributed by atoms with Crippen molar-refractivity contribution in [3.8, 4) is 0 Å². The van der Waals surface area contributed by atoms with Crippen LogP contribution in [0.25, 0.3) is 0 Å². The molecule has 0 aliphatic heterocycles. The Balaban J connectivity index is 0. The van der Waals surface area contributed by atoms with Crippen LogP contribution < -0.4 is 0 Å². The summed E-state index contributed by atoms with van der Waals surface area (Å²) < 4.78 is 19.0. The number of halogens is 1. The molecule has 0 amide bonds. The zero-order valence-corrected chi connectivity index (χ0v) is 3.02. The average molecular weight is 142 g/mol. The Labute approximate surface area is 63.8 Å². The van der Waals surface area contributed by atoms with Gasteiger partial charge in [-0.05, 0) is 0 Å². The second-order valence-electron chi connectivity index (χ2n) is 0.473. The van der Waals surface area contributed by atoms with Crippen LogP contribution in [-0.2, 0) is 4.57 Å². The van der Waals surface area contributed by atoms with Crippen LogP contribution in [0.15, 0.2) is 0 Å². The van der Waals surface area contributed by atoms with E-state index < -0.39 is 7.91 Å². The van der Waals surface area contributed by atoms with Gasteiger partial charge in [-0.15, -0.1) is 4.20 Å². The fourth-order valence-electron chi connectivity index (χ4n) is 0. The van der Waals surface area contributed by atoms with Crippen LogP contribution in [0.4, 0.5) is 4.20 Å². The summed E-state index contributed by atoms with van der Waals surface area (Å²) in [6, 6.07) is 0. The van der Waals surface area contributed by atoms with E-state index in [-0.39, 0.29) is 37.7 Å². The first-order valence-corrected chi connectivity index (χ1v) is 2.25. The van der Waals surface area contributed by atoms with Crippen molar-refractivity contribution in [2.45, 2.75) is 0 Å². The summed E-state index contributed by atoms with van der Waals surface area (Å²) in [5, 5.41) is 0. The molecule has 0 rings (SSSR count). The van der Waals surface area contributed by atoms with Crippen LogP contribution >= 0.6 is 7.91 Å². The summed E-state index contributed by atoms with van der Waals surface area (Å²) in [7, 11) is -5.14. The molecule has 0 aromatic carbocycles. The Morgan fingerprint density at radius 3 is 1.50 bits per heavy atom. The van der Waals surface area contributed by atoms with Gasteiger partial charge in [0, 0.05) is 0 Å². The van der Waals surface area contributed by atoms with Crippen molar-refractivity contribution in [2.24, 2.45) is 0 Å². The quantitative estimate of drug-likeness (QED) is 0.341. The predicted octanol–water partition coefficient (Wildman–Crippen LogP) is -0.868. The van der Waals surface area contributed by atoms with E-state index in [0.29, 0.717) is 0 Å². The molecular weight excluding hydrogens is 138 g/mol. The van der Waals surface area contributed by atoms with Crippen molar-refractivity contribution >= 4 is 45.6 Å². The third-order valence-corrected chi connectivity index (χ3v) is 0. The molecule has 0 atom stereocenters. The van der Waals surface area contributed by atoms with Gasteiger partial charge in [-0.25, -0.2) is 4.57 Å².